The average molecular weight is 413 g/mol. The molecular weight excluding hydrogens is 395 g/mol. The number of amides is 1. The Morgan fingerprint density at radius 1 is 1.19 bits per heavy atom. The van der Waals surface area contributed by atoms with Gasteiger partial charge in [-0.2, -0.15) is 0 Å². The smallest absolute Gasteiger partial charge is 0.246 e. The fourth-order valence-electron chi connectivity index (χ4n) is 2.29. The lowest BCUT2D eigenvalue weighted by Crippen LogP contribution is -2.28. The number of nitrogens with zero attached hydrogens (tertiary/aromatic N) is 1. The zero-order valence-corrected chi connectivity index (χ0v) is 16.5. The van der Waals surface area contributed by atoms with E-state index in [1.165, 1.54) is 23.1 Å². The largest absolute Gasteiger partial charge is 0.335 e. The van der Waals surface area contributed by atoms with Gasteiger partial charge in [0.25, 0.3) is 0 Å². The number of hydrogen-bond donors (Lipinski definition) is 1. The average Bonchev–Trinajstić information content (AvgIpc) is 2.60. The van der Waals surface area contributed by atoms with E-state index >= 15 is 0 Å². The molecule has 2 aromatic carbocycles. The molecule has 1 unspecified atom stereocenters. The van der Waals surface area contributed by atoms with Gasteiger partial charge in [0.05, 0.1) is 10.9 Å². The highest BCUT2D eigenvalue weighted by Crippen LogP contribution is 2.24. The highest BCUT2D eigenvalue weighted by Gasteiger charge is 2.17. The maximum Gasteiger partial charge on any atom is 0.246 e. The number of benzene rings is 2. The first-order chi connectivity index (χ1) is 12.1. The number of primary sulfonamides is 1. The van der Waals surface area contributed by atoms with Crippen molar-refractivity contribution in [2.24, 2.45) is 5.14 Å². The molecule has 0 spiro atoms. The van der Waals surface area contributed by atoms with Crippen molar-refractivity contribution >= 4 is 45.2 Å². The molecule has 26 heavy (non-hydrogen) atoms. The van der Waals surface area contributed by atoms with E-state index in [1.54, 1.807) is 50.4 Å². The van der Waals surface area contributed by atoms with Crippen LogP contribution < -0.4 is 5.14 Å². The first kappa shape index (κ1) is 20.5. The van der Waals surface area contributed by atoms with E-state index in [0.29, 0.717) is 21.2 Å². The molecular formula is C18H18Cl2N2O3S. The molecule has 0 saturated heterocycles. The predicted octanol–water partition coefficient (Wildman–Crippen LogP) is 3.87. The third kappa shape index (κ3) is 5.08. The minimum absolute atomic E-state index is 0.00366. The van der Waals surface area contributed by atoms with Crippen LogP contribution in [0.15, 0.2) is 53.4 Å². The monoisotopic (exact) mass is 412 g/mol. The summed E-state index contributed by atoms with van der Waals surface area (Å²) in [6.07, 6.45) is 2.97. The second-order valence-electron chi connectivity index (χ2n) is 5.74. The third-order valence-corrected chi connectivity index (χ3v) is 5.45. The van der Waals surface area contributed by atoms with Crippen LogP contribution in [0.25, 0.3) is 6.08 Å². The van der Waals surface area contributed by atoms with E-state index in [4.69, 9.17) is 28.3 Å². The fraction of sp³-hybridized carbons (Fsp3) is 0.167. The minimum atomic E-state index is -3.80. The van der Waals surface area contributed by atoms with Crippen LogP contribution in [0.1, 0.15) is 24.1 Å². The van der Waals surface area contributed by atoms with Gasteiger partial charge in [0, 0.05) is 23.2 Å². The van der Waals surface area contributed by atoms with Gasteiger partial charge in [-0.05, 0) is 54.5 Å². The lowest BCUT2D eigenvalue weighted by atomic mass is 10.1. The predicted molar refractivity (Wildman–Crippen MR) is 104 cm³/mol. The molecule has 0 aromatic heterocycles. The molecule has 0 radical (unpaired) electrons. The molecule has 0 aliphatic carbocycles. The number of halogens is 2. The van der Waals surface area contributed by atoms with Gasteiger partial charge in [-0.15, -0.1) is 0 Å². The fourth-order valence-corrected chi connectivity index (χ4v) is 3.22. The van der Waals surface area contributed by atoms with E-state index < -0.39 is 10.0 Å². The van der Waals surface area contributed by atoms with Crippen molar-refractivity contribution in [3.05, 3.63) is 69.7 Å². The van der Waals surface area contributed by atoms with Gasteiger partial charge in [0.2, 0.25) is 15.9 Å². The van der Waals surface area contributed by atoms with E-state index in [9.17, 15) is 13.2 Å². The lowest BCUT2D eigenvalue weighted by molar-refractivity contribution is -0.126. The summed E-state index contributed by atoms with van der Waals surface area (Å²) in [4.78, 5) is 13.9. The molecule has 0 bridgehead atoms. The summed E-state index contributed by atoms with van der Waals surface area (Å²) in [6.45, 7) is 1.79. The molecule has 1 amide bonds. The highest BCUT2D eigenvalue weighted by atomic mass is 35.5. The van der Waals surface area contributed by atoms with Crippen LogP contribution in [0.2, 0.25) is 10.0 Å². The number of carbonyl (C=O) groups excluding carboxylic acids is 1. The Labute approximate surface area is 163 Å². The summed E-state index contributed by atoms with van der Waals surface area (Å²) in [5.41, 5.74) is 1.28. The number of carbonyl (C=O) groups is 1. The molecule has 0 aliphatic rings. The summed E-state index contributed by atoms with van der Waals surface area (Å²) in [7, 11) is -2.18. The summed E-state index contributed by atoms with van der Waals surface area (Å²) in [6, 6.07) is 10.8. The first-order valence-corrected chi connectivity index (χ1v) is 9.92. The van der Waals surface area contributed by atoms with Crippen LogP contribution in [0, 0.1) is 0 Å². The Morgan fingerprint density at radius 3 is 2.54 bits per heavy atom. The molecule has 8 heteroatoms. The number of likely N-dealkylation sites (N-methyl/N-ethyl adjacent to an activating group) is 1. The summed E-state index contributed by atoms with van der Waals surface area (Å²) in [5.74, 6) is -0.269. The van der Waals surface area contributed by atoms with E-state index in [-0.39, 0.29) is 16.8 Å². The topological polar surface area (TPSA) is 80.5 Å². The van der Waals surface area contributed by atoms with Gasteiger partial charge in [-0.3, -0.25) is 4.79 Å². The van der Waals surface area contributed by atoms with Crippen LogP contribution in [0.4, 0.5) is 0 Å². The quantitative estimate of drug-likeness (QED) is 0.756. The Balaban J connectivity index is 2.20. The summed E-state index contributed by atoms with van der Waals surface area (Å²) >= 11 is 12.0. The van der Waals surface area contributed by atoms with E-state index in [1.807, 2.05) is 0 Å². The number of nitrogens with two attached hydrogens (primary N) is 1. The SMILES string of the molecule is CC(c1cccc(S(N)(=O)=O)c1)N(C)C(=O)/C=C/c1cc(Cl)ccc1Cl. The number of rotatable bonds is 5. The van der Waals surface area contributed by atoms with Crippen LogP contribution in [-0.2, 0) is 14.8 Å². The van der Waals surface area contributed by atoms with Gasteiger partial charge in [-0.25, -0.2) is 13.6 Å². The Bertz CT molecular complexity index is 959. The standard InChI is InChI=1S/C18H18Cl2N2O3S/c1-12(13-4-3-5-16(11-13)26(21,24)25)22(2)18(23)9-6-14-10-15(19)7-8-17(14)20/h3-12H,1-2H3,(H2,21,24,25)/b9-6+. The first-order valence-electron chi connectivity index (χ1n) is 7.62. The molecule has 5 nitrogen and oxygen atoms in total. The van der Waals surface area contributed by atoms with Gasteiger partial charge in [0.1, 0.15) is 0 Å². The highest BCUT2D eigenvalue weighted by molar-refractivity contribution is 7.89. The molecule has 0 aliphatic heterocycles. The van der Waals surface area contributed by atoms with Gasteiger partial charge >= 0.3 is 0 Å². The van der Waals surface area contributed by atoms with Crippen LogP contribution in [0.3, 0.4) is 0 Å². The Hall–Kier alpha value is -1.86. The summed E-state index contributed by atoms with van der Waals surface area (Å²) in [5, 5.41) is 6.16. The van der Waals surface area contributed by atoms with Crippen molar-refractivity contribution in [1.82, 2.24) is 4.90 Å². The molecule has 0 saturated carbocycles. The summed E-state index contributed by atoms with van der Waals surface area (Å²) < 4.78 is 23.0. The van der Waals surface area contributed by atoms with Gasteiger partial charge in [0.15, 0.2) is 0 Å². The molecule has 0 fully saturated rings. The van der Waals surface area contributed by atoms with Crippen LogP contribution in [-0.4, -0.2) is 26.3 Å². The maximum atomic E-state index is 12.4. The van der Waals surface area contributed by atoms with Crippen molar-refractivity contribution < 1.29 is 13.2 Å². The van der Waals surface area contributed by atoms with Crippen molar-refractivity contribution in [3.8, 4) is 0 Å². The molecule has 2 aromatic rings. The lowest BCUT2D eigenvalue weighted by Gasteiger charge is -2.24. The minimum Gasteiger partial charge on any atom is -0.335 e. The molecule has 2 rings (SSSR count). The Kier molecular flexibility index (Phi) is 6.47. The molecule has 0 heterocycles. The van der Waals surface area contributed by atoms with Crippen LogP contribution in [0.5, 0.6) is 0 Å². The third-order valence-electron chi connectivity index (χ3n) is 3.96. The van der Waals surface area contributed by atoms with Crippen molar-refractivity contribution in [1.29, 1.82) is 0 Å². The normalized spacial score (nSPS) is 13.0. The van der Waals surface area contributed by atoms with Crippen molar-refractivity contribution in [2.45, 2.75) is 17.9 Å². The molecule has 138 valence electrons. The second-order valence-corrected chi connectivity index (χ2v) is 8.15. The van der Waals surface area contributed by atoms with Crippen molar-refractivity contribution in [2.75, 3.05) is 7.05 Å². The second kappa shape index (κ2) is 8.22. The number of hydrogen-bond acceptors (Lipinski definition) is 3. The maximum absolute atomic E-state index is 12.4. The zero-order chi connectivity index (χ0) is 19.5. The zero-order valence-electron chi connectivity index (χ0n) is 14.2. The number of sulfonamides is 1. The molecule has 1 atom stereocenters. The molecule has 2 N–H and O–H groups in total. The van der Waals surface area contributed by atoms with Gasteiger partial charge in [-0.1, -0.05) is 35.3 Å². The van der Waals surface area contributed by atoms with Gasteiger partial charge < -0.3 is 4.90 Å². The van der Waals surface area contributed by atoms with Crippen LogP contribution >= 0.6 is 23.2 Å². The van der Waals surface area contributed by atoms with E-state index in [2.05, 4.69) is 0 Å². The van der Waals surface area contributed by atoms with Crippen molar-refractivity contribution in [3.63, 3.8) is 0 Å². The Morgan fingerprint density at radius 2 is 1.88 bits per heavy atom. The van der Waals surface area contributed by atoms with E-state index in [0.717, 1.165) is 0 Å².